The van der Waals surface area contributed by atoms with Crippen LogP contribution in [0.15, 0.2) is 48.5 Å². The van der Waals surface area contributed by atoms with Crippen molar-refractivity contribution in [1.29, 1.82) is 0 Å². The molecule has 1 saturated heterocycles. The summed E-state index contributed by atoms with van der Waals surface area (Å²) in [4.78, 5) is 14.5. The van der Waals surface area contributed by atoms with Gasteiger partial charge >= 0.3 is 6.03 Å². The second kappa shape index (κ2) is 8.03. The van der Waals surface area contributed by atoms with Crippen molar-refractivity contribution < 1.29 is 14.6 Å². The van der Waals surface area contributed by atoms with E-state index in [9.17, 15) is 9.90 Å². The van der Waals surface area contributed by atoms with E-state index in [0.717, 1.165) is 36.3 Å². The fourth-order valence-electron chi connectivity index (χ4n) is 3.03. The molecule has 0 radical (unpaired) electrons. The van der Waals surface area contributed by atoms with Crippen LogP contribution in [0.2, 0.25) is 0 Å². The van der Waals surface area contributed by atoms with Crippen molar-refractivity contribution >= 4 is 11.7 Å². The van der Waals surface area contributed by atoms with E-state index in [-0.39, 0.29) is 17.9 Å². The number of ether oxygens (including phenoxy) is 1. The van der Waals surface area contributed by atoms with Crippen molar-refractivity contribution in [3.05, 3.63) is 59.7 Å². The number of para-hydroxylation sites is 1. The quantitative estimate of drug-likeness (QED) is 0.867. The van der Waals surface area contributed by atoms with Gasteiger partial charge in [-0.3, -0.25) is 0 Å². The molecule has 0 spiro atoms. The van der Waals surface area contributed by atoms with Gasteiger partial charge in [-0.1, -0.05) is 30.3 Å². The Morgan fingerprint density at radius 1 is 1.28 bits per heavy atom. The van der Waals surface area contributed by atoms with Crippen LogP contribution in [-0.2, 0) is 11.3 Å². The molecule has 2 aromatic rings. The van der Waals surface area contributed by atoms with Gasteiger partial charge in [0.1, 0.15) is 5.75 Å². The SMILES string of the molecule is Cc1cccc(NC(=O)N(Cc2ccccc2O)C[C@@H]2CCCO2)c1. The van der Waals surface area contributed by atoms with Crippen molar-refractivity contribution in [2.45, 2.75) is 32.4 Å². The fourth-order valence-corrected chi connectivity index (χ4v) is 3.03. The van der Waals surface area contributed by atoms with Gasteiger partial charge in [-0.15, -0.1) is 0 Å². The number of phenols is 1. The zero-order valence-electron chi connectivity index (χ0n) is 14.4. The molecule has 0 aromatic heterocycles. The number of urea groups is 1. The molecule has 1 aliphatic rings. The summed E-state index contributed by atoms with van der Waals surface area (Å²) in [7, 11) is 0. The molecule has 3 rings (SSSR count). The average Bonchev–Trinajstić information content (AvgIpc) is 3.09. The molecule has 1 atom stereocenters. The molecule has 0 saturated carbocycles. The second-order valence-corrected chi connectivity index (χ2v) is 6.44. The predicted octanol–water partition coefficient (Wildman–Crippen LogP) is 3.91. The first-order valence-corrected chi connectivity index (χ1v) is 8.63. The number of anilines is 1. The molecular formula is C20H24N2O3. The van der Waals surface area contributed by atoms with Crippen molar-refractivity contribution in [1.82, 2.24) is 4.90 Å². The molecular weight excluding hydrogens is 316 g/mol. The zero-order valence-corrected chi connectivity index (χ0v) is 14.4. The highest BCUT2D eigenvalue weighted by molar-refractivity contribution is 5.89. The monoisotopic (exact) mass is 340 g/mol. The van der Waals surface area contributed by atoms with E-state index in [0.29, 0.717) is 13.1 Å². The summed E-state index contributed by atoms with van der Waals surface area (Å²) in [5.74, 6) is 0.197. The number of amides is 2. The van der Waals surface area contributed by atoms with E-state index in [1.54, 1.807) is 17.0 Å². The number of nitrogens with one attached hydrogen (secondary N) is 1. The summed E-state index contributed by atoms with van der Waals surface area (Å²) in [5, 5.41) is 13.0. The first-order chi connectivity index (χ1) is 12.1. The number of phenolic OH excluding ortho intramolecular Hbond substituents is 1. The van der Waals surface area contributed by atoms with Crippen LogP contribution in [0.1, 0.15) is 24.0 Å². The lowest BCUT2D eigenvalue weighted by molar-refractivity contribution is 0.0817. The van der Waals surface area contributed by atoms with Crippen molar-refractivity contribution in [3.8, 4) is 5.75 Å². The predicted molar refractivity (Wildman–Crippen MR) is 97.7 cm³/mol. The van der Waals surface area contributed by atoms with Gasteiger partial charge in [0.15, 0.2) is 0 Å². The Labute approximate surface area is 148 Å². The maximum absolute atomic E-state index is 12.8. The largest absolute Gasteiger partial charge is 0.508 e. The maximum Gasteiger partial charge on any atom is 0.322 e. The Bertz CT molecular complexity index is 726. The molecule has 1 heterocycles. The first-order valence-electron chi connectivity index (χ1n) is 8.63. The molecule has 2 N–H and O–H groups in total. The lowest BCUT2D eigenvalue weighted by Crippen LogP contribution is -2.39. The van der Waals surface area contributed by atoms with E-state index in [2.05, 4.69) is 5.32 Å². The maximum atomic E-state index is 12.8. The highest BCUT2D eigenvalue weighted by Crippen LogP contribution is 2.21. The zero-order chi connectivity index (χ0) is 17.6. The van der Waals surface area contributed by atoms with E-state index in [1.807, 2.05) is 43.3 Å². The van der Waals surface area contributed by atoms with Crippen LogP contribution in [0.5, 0.6) is 5.75 Å². The van der Waals surface area contributed by atoms with Gasteiger partial charge in [0.2, 0.25) is 0 Å². The second-order valence-electron chi connectivity index (χ2n) is 6.44. The third-order valence-corrected chi connectivity index (χ3v) is 4.36. The lowest BCUT2D eigenvalue weighted by atomic mass is 10.1. The minimum atomic E-state index is -0.190. The minimum absolute atomic E-state index is 0.0501. The normalized spacial score (nSPS) is 16.6. The molecule has 132 valence electrons. The number of aryl methyl sites for hydroxylation is 1. The van der Waals surface area contributed by atoms with Gasteiger partial charge in [0.05, 0.1) is 12.6 Å². The molecule has 25 heavy (non-hydrogen) atoms. The molecule has 1 fully saturated rings. The van der Waals surface area contributed by atoms with Gasteiger partial charge in [0, 0.05) is 24.4 Å². The van der Waals surface area contributed by atoms with Crippen LogP contribution in [0.4, 0.5) is 10.5 Å². The third kappa shape index (κ3) is 4.73. The Morgan fingerprint density at radius 3 is 2.84 bits per heavy atom. The summed E-state index contributed by atoms with van der Waals surface area (Å²) in [6, 6.07) is 14.6. The highest BCUT2D eigenvalue weighted by atomic mass is 16.5. The standard InChI is InChI=1S/C20H24N2O3/c1-15-6-4-8-17(12-15)21-20(24)22(14-18-9-5-11-25-18)13-16-7-2-3-10-19(16)23/h2-4,6-8,10,12,18,23H,5,9,11,13-14H2,1H3,(H,21,24)/t18-/m0/s1. The Balaban J connectivity index is 1.74. The van der Waals surface area contributed by atoms with Gasteiger partial charge < -0.3 is 20.1 Å². The van der Waals surface area contributed by atoms with Gasteiger partial charge in [0.25, 0.3) is 0 Å². The Kier molecular flexibility index (Phi) is 5.56. The number of benzene rings is 2. The average molecular weight is 340 g/mol. The molecule has 0 bridgehead atoms. The number of rotatable bonds is 5. The number of hydrogen-bond acceptors (Lipinski definition) is 3. The topological polar surface area (TPSA) is 61.8 Å². The van der Waals surface area contributed by atoms with Gasteiger partial charge in [-0.05, 0) is 43.5 Å². The Hall–Kier alpha value is -2.53. The Morgan fingerprint density at radius 2 is 2.12 bits per heavy atom. The van der Waals surface area contributed by atoms with Crippen molar-refractivity contribution in [2.24, 2.45) is 0 Å². The number of nitrogens with zero attached hydrogens (tertiary/aromatic N) is 1. The number of hydrogen-bond donors (Lipinski definition) is 2. The smallest absolute Gasteiger partial charge is 0.322 e. The van der Waals surface area contributed by atoms with E-state index >= 15 is 0 Å². The molecule has 0 aliphatic carbocycles. The summed E-state index contributed by atoms with van der Waals surface area (Å²) >= 11 is 0. The minimum Gasteiger partial charge on any atom is -0.508 e. The van der Waals surface area contributed by atoms with E-state index < -0.39 is 0 Å². The van der Waals surface area contributed by atoms with Crippen LogP contribution in [0.3, 0.4) is 0 Å². The summed E-state index contributed by atoms with van der Waals surface area (Å²) in [6.07, 6.45) is 2.03. The van der Waals surface area contributed by atoms with Crippen molar-refractivity contribution in [2.75, 3.05) is 18.5 Å². The van der Waals surface area contributed by atoms with Crippen LogP contribution in [-0.4, -0.2) is 35.3 Å². The summed E-state index contributed by atoms with van der Waals surface area (Å²) in [6.45, 7) is 3.58. The number of aromatic hydroxyl groups is 1. The van der Waals surface area contributed by atoms with Gasteiger partial charge in [-0.2, -0.15) is 0 Å². The number of carbonyl (C=O) groups excluding carboxylic acids is 1. The summed E-state index contributed by atoms with van der Waals surface area (Å²) in [5.41, 5.74) is 2.57. The fraction of sp³-hybridized carbons (Fsp3) is 0.350. The summed E-state index contributed by atoms with van der Waals surface area (Å²) < 4.78 is 5.69. The van der Waals surface area contributed by atoms with Gasteiger partial charge in [-0.25, -0.2) is 4.79 Å². The molecule has 2 amide bonds. The lowest BCUT2D eigenvalue weighted by Gasteiger charge is -2.26. The van der Waals surface area contributed by atoms with E-state index in [4.69, 9.17) is 4.74 Å². The van der Waals surface area contributed by atoms with Crippen LogP contribution < -0.4 is 5.32 Å². The molecule has 2 aromatic carbocycles. The van der Waals surface area contributed by atoms with E-state index in [1.165, 1.54) is 0 Å². The molecule has 1 aliphatic heterocycles. The number of carbonyl (C=O) groups is 1. The van der Waals surface area contributed by atoms with Crippen molar-refractivity contribution in [3.63, 3.8) is 0 Å². The highest BCUT2D eigenvalue weighted by Gasteiger charge is 2.23. The molecule has 5 heteroatoms. The first kappa shape index (κ1) is 17.3. The third-order valence-electron chi connectivity index (χ3n) is 4.36. The molecule has 0 unspecified atom stereocenters. The molecule has 5 nitrogen and oxygen atoms in total. The van der Waals surface area contributed by atoms with Crippen LogP contribution in [0, 0.1) is 6.92 Å². The van der Waals surface area contributed by atoms with Crippen LogP contribution in [0.25, 0.3) is 0 Å². The van der Waals surface area contributed by atoms with Crippen LogP contribution >= 0.6 is 0 Å².